The van der Waals surface area contributed by atoms with Crippen molar-refractivity contribution in [2.24, 2.45) is 0 Å². The zero-order chi connectivity index (χ0) is 25.4. The van der Waals surface area contributed by atoms with Gasteiger partial charge in [-0.25, -0.2) is 4.68 Å². The van der Waals surface area contributed by atoms with Crippen LogP contribution < -0.4 is 5.32 Å². The first-order valence-electron chi connectivity index (χ1n) is 12.3. The van der Waals surface area contributed by atoms with E-state index in [9.17, 15) is 9.59 Å². The van der Waals surface area contributed by atoms with Crippen LogP contribution >= 0.6 is 0 Å². The highest BCUT2D eigenvalue weighted by Crippen LogP contribution is 2.22. The van der Waals surface area contributed by atoms with E-state index in [4.69, 9.17) is 0 Å². The summed E-state index contributed by atoms with van der Waals surface area (Å²) < 4.78 is 1.59. The van der Waals surface area contributed by atoms with Crippen molar-refractivity contribution in [3.05, 3.63) is 72.4 Å². The molecule has 0 spiro atoms. The first-order chi connectivity index (χ1) is 16.8. The molecule has 7 nitrogen and oxygen atoms in total. The van der Waals surface area contributed by atoms with Gasteiger partial charge in [0.1, 0.15) is 18.1 Å². The van der Waals surface area contributed by atoms with Gasteiger partial charge in [0.15, 0.2) is 0 Å². The van der Waals surface area contributed by atoms with E-state index in [0.717, 1.165) is 53.4 Å². The van der Waals surface area contributed by atoms with Gasteiger partial charge in [-0.15, -0.1) is 5.10 Å². The van der Waals surface area contributed by atoms with Crippen LogP contribution in [0.2, 0.25) is 0 Å². The fourth-order valence-corrected chi connectivity index (χ4v) is 4.67. The minimum absolute atomic E-state index is 0.0255. The zero-order valence-electron chi connectivity index (χ0n) is 21.2. The summed E-state index contributed by atoms with van der Waals surface area (Å²) in [4.78, 5) is 29.2. The van der Waals surface area contributed by atoms with E-state index >= 15 is 0 Å². The maximum atomic E-state index is 13.8. The number of fused-ring (bicyclic) bond motifs is 1. The number of allylic oxidation sites excluding steroid dienone is 3. The molecule has 1 aromatic carbocycles. The second-order valence-electron chi connectivity index (χ2n) is 9.41. The second kappa shape index (κ2) is 12.3. The van der Waals surface area contributed by atoms with Gasteiger partial charge >= 0.3 is 0 Å². The van der Waals surface area contributed by atoms with E-state index in [1.807, 2.05) is 51.1 Å². The van der Waals surface area contributed by atoms with Crippen molar-refractivity contribution in [2.75, 3.05) is 6.54 Å². The molecule has 1 saturated carbocycles. The summed E-state index contributed by atoms with van der Waals surface area (Å²) in [7, 11) is 0. The van der Waals surface area contributed by atoms with Gasteiger partial charge in [0.25, 0.3) is 0 Å². The van der Waals surface area contributed by atoms with Gasteiger partial charge < -0.3 is 10.2 Å². The van der Waals surface area contributed by atoms with Crippen LogP contribution in [0.5, 0.6) is 0 Å². The number of aromatic nitrogens is 3. The van der Waals surface area contributed by atoms with Crippen molar-refractivity contribution in [3.8, 4) is 0 Å². The van der Waals surface area contributed by atoms with Crippen molar-refractivity contribution < 1.29 is 9.59 Å². The summed E-state index contributed by atoms with van der Waals surface area (Å²) in [6, 6.07) is 6.85. The third-order valence-electron chi connectivity index (χ3n) is 6.45. The predicted octanol–water partition coefficient (Wildman–Crippen LogP) is 4.73. The first kappa shape index (κ1) is 26.1. The van der Waals surface area contributed by atoms with E-state index in [-0.39, 0.29) is 30.9 Å². The average molecular weight is 476 g/mol. The van der Waals surface area contributed by atoms with E-state index in [1.165, 1.54) is 6.42 Å². The first-order valence-corrected chi connectivity index (χ1v) is 12.3. The summed E-state index contributed by atoms with van der Waals surface area (Å²) in [5, 5.41) is 11.6. The summed E-state index contributed by atoms with van der Waals surface area (Å²) in [5.41, 5.74) is 4.09. The lowest BCUT2D eigenvalue weighted by Gasteiger charge is -2.34. The second-order valence-corrected chi connectivity index (χ2v) is 9.41. The van der Waals surface area contributed by atoms with Crippen LogP contribution in [0.3, 0.4) is 0 Å². The molecule has 0 bridgehead atoms. The minimum atomic E-state index is -0.796. The van der Waals surface area contributed by atoms with Crippen molar-refractivity contribution in [2.45, 2.75) is 71.5 Å². The Balaban J connectivity index is 1.99. The molecule has 1 fully saturated rings. The molecule has 7 heteroatoms. The third-order valence-corrected chi connectivity index (χ3v) is 6.45. The number of nitrogens with zero attached hydrogens (tertiary/aromatic N) is 4. The molecule has 0 aliphatic heterocycles. The molecule has 1 heterocycles. The van der Waals surface area contributed by atoms with Crippen molar-refractivity contribution in [3.63, 3.8) is 0 Å². The van der Waals surface area contributed by atoms with Crippen LogP contribution in [-0.4, -0.2) is 50.3 Å². The maximum Gasteiger partial charge on any atom is 0.247 e. The third kappa shape index (κ3) is 6.56. The van der Waals surface area contributed by atoms with Gasteiger partial charge in [0, 0.05) is 12.6 Å². The van der Waals surface area contributed by atoms with E-state index in [0.29, 0.717) is 0 Å². The fraction of sp³-hybridized carbons (Fsp3) is 0.429. The number of benzene rings is 1. The highest BCUT2D eigenvalue weighted by molar-refractivity contribution is 5.91. The molecular weight excluding hydrogens is 438 g/mol. The topological polar surface area (TPSA) is 80.1 Å². The molecule has 1 atom stereocenters. The molecule has 0 saturated heterocycles. The van der Waals surface area contributed by atoms with Crippen molar-refractivity contribution in [1.82, 2.24) is 25.2 Å². The van der Waals surface area contributed by atoms with Gasteiger partial charge in [0.05, 0.1) is 5.52 Å². The molecule has 1 unspecified atom stereocenters. The summed E-state index contributed by atoms with van der Waals surface area (Å²) in [6.45, 7) is 13.8. The number of carbonyl (C=O) groups is 2. The van der Waals surface area contributed by atoms with Gasteiger partial charge in [-0.1, -0.05) is 79.1 Å². The van der Waals surface area contributed by atoms with Gasteiger partial charge in [0.2, 0.25) is 11.8 Å². The Morgan fingerprint density at radius 1 is 1.17 bits per heavy atom. The predicted molar refractivity (Wildman–Crippen MR) is 141 cm³/mol. The van der Waals surface area contributed by atoms with Gasteiger partial charge in [-0.3, -0.25) is 9.59 Å². The number of nitrogens with one attached hydrogen (secondary N) is 1. The Hall–Kier alpha value is -3.48. The summed E-state index contributed by atoms with van der Waals surface area (Å²) in [5.74, 6) is -0.391. The smallest absolute Gasteiger partial charge is 0.247 e. The Kier molecular flexibility index (Phi) is 9.18. The standard InChI is InChI=1S/C28H37N5O2/c1-6-13-21(5)18-32(26(34)19-33-25-17-12-11-16-24(25)30-31-33)27(23(7-2)20(3)4)28(35)29-22-14-9-8-10-15-22/h6-7,11-13,16-17,22,27H,1-2,8-10,14-15,18-19H2,3-5H3,(H,29,35). The number of para-hydroxylation sites is 1. The lowest BCUT2D eigenvalue weighted by Crippen LogP contribution is -2.54. The van der Waals surface area contributed by atoms with E-state index in [2.05, 4.69) is 28.8 Å². The molecule has 1 aliphatic rings. The average Bonchev–Trinajstić information content (AvgIpc) is 3.24. The summed E-state index contributed by atoms with van der Waals surface area (Å²) in [6.07, 6.45) is 10.6. The van der Waals surface area contributed by atoms with Gasteiger partial charge in [-0.2, -0.15) is 0 Å². The van der Waals surface area contributed by atoms with Crippen LogP contribution in [0.1, 0.15) is 52.9 Å². The molecule has 3 rings (SSSR count). The van der Waals surface area contributed by atoms with Crippen LogP contribution in [-0.2, 0) is 16.1 Å². The quantitative estimate of drug-likeness (QED) is 0.504. The Morgan fingerprint density at radius 2 is 1.89 bits per heavy atom. The highest BCUT2D eigenvalue weighted by atomic mass is 16.2. The van der Waals surface area contributed by atoms with E-state index < -0.39 is 6.04 Å². The number of amides is 2. The lowest BCUT2D eigenvalue weighted by molar-refractivity contribution is -0.139. The summed E-state index contributed by atoms with van der Waals surface area (Å²) >= 11 is 0. The van der Waals surface area contributed by atoms with Crippen LogP contribution in [0.25, 0.3) is 11.0 Å². The molecule has 1 aliphatic carbocycles. The maximum absolute atomic E-state index is 13.8. The van der Waals surface area contributed by atoms with Crippen molar-refractivity contribution in [1.29, 1.82) is 0 Å². The molecule has 1 aromatic heterocycles. The molecule has 1 N–H and O–H groups in total. The highest BCUT2D eigenvalue weighted by Gasteiger charge is 2.34. The van der Waals surface area contributed by atoms with Crippen LogP contribution in [0, 0.1) is 0 Å². The Bertz CT molecular complexity index is 1130. The molecule has 186 valence electrons. The molecule has 35 heavy (non-hydrogen) atoms. The number of hydrogen-bond acceptors (Lipinski definition) is 4. The molecule has 0 radical (unpaired) electrons. The van der Waals surface area contributed by atoms with Crippen molar-refractivity contribution >= 4 is 22.8 Å². The van der Waals surface area contributed by atoms with Crippen LogP contribution in [0.15, 0.2) is 72.4 Å². The molecular formula is C28H37N5O2. The van der Waals surface area contributed by atoms with Gasteiger partial charge in [-0.05, 0) is 51.3 Å². The SMILES string of the molecule is C=CC=C(C)CN(C(=O)Cn1nnc2ccccc21)C(C(=O)NC1CCCCC1)C(C=C)=C(C)C. The largest absolute Gasteiger partial charge is 0.351 e. The number of carbonyl (C=O) groups excluding carboxylic acids is 2. The molecule has 2 aromatic rings. The van der Waals surface area contributed by atoms with E-state index in [1.54, 1.807) is 21.7 Å². The number of rotatable bonds is 10. The monoisotopic (exact) mass is 475 g/mol. The molecule has 2 amide bonds. The fourth-order valence-electron chi connectivity index (χ4n) is 4.67. The van der Waals surface area contributed by atoms with Crippen LogP contribution in [0.4, 0.5) is 0 Å². The Morgan fingerprint density at radius 3 is 2.54 bits per heavy atom. The lowest BCUT2D eigenvalue weighted by atomic mass is 9.94. The Labute approximate surface area is 208 Å². The minimum Gasteiger partial charge on any atom is -0.351 e. The number of hydrogen-bond donors (Lipinski definition) is 1. The normalized spacial score (nSPS) is 15.3. The zero-order valence-corrected chi connectivity index (χ0v) is 21.2.